The molecule has 4 nitrogen and oxygen atoms in total. The van der Waals surface area contributed by atoms with Crippen LogP contribution in [0.15, 0.2) is 30.8 Å². The lowest BCUT2D eigenvalue weighted by atomic mass is 9.77. The highest BCUT2D eigenvalue weighted by Gasteiger charge is 2.40. The number of hydrogen-bond acceptors (Lipinski definition) is 3. The molecule has 4 heteroatoms. The summed E-state index contributed by atoms with van der Waals surface area (Å²) in [6.07, 6.45) is 6.99. The van der Waals surface area contributed by atoms with E-state index in [2.05, 4.69) is 41.1 Å². The van der Waals surface area contributed by atoms with Gasteiger partial charge in [0.2, 0.25) is 5.91 Å². The van der Waals surface area contributed by atoms with Crippen LogP contribution in [-0.4, -0.2) is 36.0 Å². The molecule has 1 saturated heterocycles. The Morgan fingerprint density at radius 1 is 1.42 bits per heavy atom. The Morgan fingerprint density at radius 3 is 2.96 bits per heavy atom. The third-order valence-corrected chi connectivity index (χ3v) is 5.45. The van der Waals surface area contributed by atoms with Crippen LogP contribution >= 0.6 is 0 Å². The number of benzene rings is 1. The SMILES string of the molecule is C=Cc1cccc(CN2CCCC(CNC(=O)C3(N)CCC3)C2)c1. The highest BCUT2D eigenvalue weighted by molar-refractivity contribution is 5.86. The van der Waals surface area contributed by atoms with Gasteiger partial charge in [0.05, 0.1) is 5.54 Å². The quantitative estimate of drug-likeness (QED) is 0.844. The average Bonchev–Trinajstić information content (AvgIpc) is 2.58. The van der Waals surface area contributed by atoms with Gasteiger partial charge < -0.3 is 11.1 Å². The molecule has 0 spiro atoms. The second kappa shape index (κ2) is 7.49. The maximum Gasteiger partial charge on any atom is 0.240 e. The summed E-state index contributed by atoms with van der Waals surface area (Å²) in [6, 6.07) is 8.54. The molecule has 130 valence electrons. The molecule has 1 aromatic carbocycles. The lowest BCUT2D eigenvalue weighted by Crippen LogP contribution is -2.59. The molecular weight excluding hydrogens is 298 g/mol. The number of nitrogens with one attached hydrogen (secondary N) is 1. The summed E-state index contributed by atoms with van der Waals surface area (Å²) in [5, 5.41) is 3.09. The molecule has 1 amide bonds. The smallest absolute Gasteiger partial charge is 0.240 e. The Labute approximate surface area is 145 Å². The molecule has 24 heavy (non-hydrogen) atoms. The fraction of sp³-hybridized carbons (Fsp3) is 0.550. The van der Waals surface area contributed by atoms with Crippen LogP contribution in [0, 0.1) is 5.92 Å². The van der Waals surface area contributed by atoms with Crippen LogP contribution < -0.4 is 11.1 Å². The third-order valence-electron chi connectivity index (χ3n) is 5.45. The zero-order valence-corrected chi connectivity index (χ0v) is 14.5. The molecule has 2 aliphatic rings. The van der Waals surface area contributed by atoms with E-state index in [0.717, 1.165) is 45.4 Å². The minimum Gasteiger partial charge on any atom is -0.354 e. The van der Waals surface area contributed by atoms with Crippen molar-refractivity contribution in [2.45, 2.75) is 44.2 Å². The predicted octanol–water partition coefficient (Wildman–Crippen LogP) is 2.54. The van der Waals surface area contributed by atoms with Crippen molar-refractivity contribution in [2.24, 2.45) is 11.7 Å². The number of carbonyl (C=O) groups is 1. The van der Waals surface area contributed by atoms with E-state index in [1.165, 1.54) is 24.0 Å². The second-order valence-electron chi connectivity index (χ2n) is 7.41. The molecule has 1 saturated carbocycles. The van der Waals surface area contributed by atoms with Crippen molar-refractivity contribution in [3.05, 3.63) is 42.0 Å². The molecule has 0 bridgehead atoms. The van der Waals surface area contributed by atoms with Crippen LogP contribution in [0.2, 0.25) is 0 Å². The Bertz CT molecular complexity index is 594. The number of rotatable bonds is 6. The third kappa shape index (κ3) is 4.05. The maximum absolute atomic E-state index is 12.2. The van der Waals surface area contributed by atoms with E-state index < -0.39 is 5.54 Å². The number of nitrogens with two attached hydrogens (primary N) is 1. The topological polar surface area (TPSA) is 58.4 Å². The van der Waals surface area contributed by atoms with Crippen LogP contribution in [0.3, 0.4) is 0 Å². The van der Waals surface area contributed by atoms with Gasteiger partial charge in [-0.15, -0.1) is 0 Å². The van der Waals surface area contributed by atoms with Gasteiger partial charge in [0, 0.05) is 19.6 Å². The van der Waals surface area contributed by atoms with Gasteiger partial charge in [-0.05, 0) is 55.7 Å². The van der Waals surface area contributed by atoms with Crippen molar-refractivity contribution in [1.82, 2.24) is 10.2 Å². The largest absolute Gasteiger partial charge is 0.354 e. The van der Waals surface area contributed by atoms with Crippen LogP contribution in [0.5, 0.6) is 0 Å². The van der Waals surface area contributed by atoms with E-state index in [0.29, 0.717) is 5.92 Å². The van der Waals surface area contributed by atoms with E-state index in [-0.39, 0.29) is 5.91 Å². The molecule has 1 atom stereocenters. The minimum atomic E-state index is -0.584. The van der Waals surface area contributed by atoms with Gasteiger partial charge in [-0.1, -0.05) is 36.9 Å². The molecule has 2 fully saturated rings. The first kappa shape index (κ1) is 17.2. The van der Waals surface area contributed by atoms with Gasteiger partial charge in [0.1, 0.15) is 0 Å². The van der Waals surface area contributed by atoms with Gasteiger partial charge in [-0.2, -0.15) is 0 Å². The highest BCUT2D eigenvalue weighted by atomic mass is 16.2. The summed E-state index contributed by atoms with van der Waals surface area (Å²) < 4.78 is 0. The number of likely N-dealkylation sites (tertiary alicyclic amines) is 1. The van der Waals surface area contributed by atoms with Crippen molar-refractivity contribution in [1.29, 1.82) is 0 Å². The van der Waals surface area contributed by atoms with Crippen LogP contribution in [-0.2, 0) is 11.3 Å². The van der Waals surface area contributed by atoms with Crippen LogP contribution in [0.25, 0.3) is 6.08 Å². The molecule has 1 aliphatic heterocycles. The van der Waals surface area contributed by atoms with Crippen molar-refractivity contribution < 1.29 is 4.79 Å². The van der Waals surface area contributed by atoms with Gasteiger partial charge in [0.15, 0.2) is 0 Å². The normalized spacial score (nSPS) is 23.3. The standard InChI is InChI=1S/C20H29N3O/c1-2-16-6-3-7-17(12-16)14-23-11-4-8-18(15-23)13-22-19(24)20(21)9-5-10-20/h2-3,6-7,12,18H,1,4-5,8-11,13-15,21H2,(H,22,24). The second-order valence-corrected chi connectivity index (χ2v) is 7.41. The summed E-state index contributed by atoms with van der Waals surface area (Å²) >= 11 is 0. The molecular formula is C20H29N3O. The Morgan fingerprint density at radius 2 is 2.25 bits per heavy atom. The number of carbonyl (C=O) groups excluding carboxylic acids is 1. The molecule has 1 aliphatic carbocycles. The average molecular weight is 327 g/mol. The van der Waals surface area contributed by atoms with Crippen molar-refractivity contribution in [3.63, 3.8) is 0 Å². The van der Waals surface area contributed by atoms with Crippen molar-refractivity contribution in [3.8, 4) is 0 Å². The van der Waals surface area contributed by atoms with Crippen molar-refractivity contribution >= 4 is 12.0 Å². The van der Waals surface area contributed by atoms with Gasteiger partial charge >= 0.3 is 0 Å². The highest BCUT2D eigenvalue weighted by Crippen LogP contribution is 2.29. The predicted molar refractivity (Wildman–Crippen MR) is 98.3 cm³/mol. The summed E-state index contributed by atoms with van der Waals surface area (Å²) in [5.41, 5.74) is 8.00. The fourth-order valence-corrected chi connectivity index (χ4v) is 3.74. The van der Waals surface area contributed by atoms with Gasteiger partial charge in [0.25, 0.3) is 0 Å². The van der Waals surface area contributed by atoms with E-state index in [1.54, 1.807) is 0 Å². The van der Waals surface area contributed by atoms with Crippen LogP contribution in [0.1, 0.15) is 43.2 Å². The first-order valence-electron chi connectivity index (χ1n) is 9.10. The maximum atomic E-state index is 12.2. The Balaban J connectivity index is 1.48. The van der Waals surface area contributed by atoms with E-state index in [4.69, 9.17) is 5.73 Å². The minimum absolute atomic E-state index is 0.0459. The van der Waals surface area contributed by atoms with Gasteiger partial charge in [-0.25, -0.2) is 0 Å². The van der Waals surface area contributed by atoms with Crippen LogP contribution in [0.4, 0.5) is 0 Å². The molecule has 0 aromatic heterocycles. The van der Waals surface area contributed by atoms with Gasteiger partial charge in [-0.3, -0.25) is 9.69 Å². The zero-order valence-electron chi connectivity index (χ0n) is 14.5. The monoisotopic (exact) mass is 327 g/mol. The molecule has 1 unspecified atom stereocenters. The number of nitrogens with zero attached hydrogens (tertiary/aromatic N) is 1. The molecule has 1 aromatic rings. The van der Waals surface area contributed by atoms with E-state index >= 15 is 0 Å². The van der Waals surface area contributed by atoms with E-state index in [9.17, 15) is 4.79 Å². The lowest BCUT2D eigenvalue weighted by molar-refractivity contribution is -0.129. The Hall–Kier alpha value is -1.65. The lowest BCUT2D eigenvalue weighted by Gasteiger charge is -2.37. The number of amides is 1. The zero-order chi connectivity index (χ0) is 17.0. The summed E-state index contributed by atoms with van der Waals surface area (Å²) in [7, 11) is 0. The first-order chi connectivity index (χ1) is 11.6. The van der Waals surface area contributed by atoms with Crippen molar-refractivity contribution in [2.75, 3.05) is 19.6 Å². The number of piperidine rings is 1. The Kier molecular flexibility index (Phi) is 5.36. The molecule has 3 rings (SSSR count). The summed E-state index contributed by atoms with van der Waals surface area (Å²) in [5.74, 6) is 0.568. The summed E-state index contributed by atoms with van der Waals surface area (Å²) in [6.45, 7) is 7.72. The molecule has 0 radical (unpaired) electrons. The fourth-order valence-electron chi connectivity index (χ4n) is 3.74. The molecule has 1 heterocycles. The first-order valence-corrected chi connectivity index (χ1v) is 9.10. The summed E-state index contributed by atoms with van der Waals surface area (Å²) in [4.78, 5) is 14.7. The van der Waals surface area contributed by atoms with E-state index in [1.807, 2.05) is 6.08 Å². The number of hydrogen-bond donors (Lipinski definition) is 2. The molecule has 3 N–H and O–H groups in total.